The van der Waals surface area contributed by atoms with Crippen molar-refractivity contribution in [1.29, 1.82) is 0 Å². The average Bonchev–Trinajstić information content (AvgIpc) is 2.02. The van der Waals surface area contributed by atoms with Gasteiger partial charge in [0.1, 0.15) is 0 Å². The summed E-state index contributed by atoms with van der Waals surface area (Å²) >= 11 is 2.44. The Morgan fingerprint density at radius 3 is 2.75 bits per heavy atom. The standard InChI is InChI=1S/C9H18OSSe/c1-4-5-6-11-9(12-3)7-8(2)10/h7-8,10H,4-6H2,1-3H3/b9-7+. The van der Waals surface area contributed by atoms with Gasteiger partial charge in [-0.05, 0) is 0 Å². The van der Waals surface area contributed by atoms with Gasteiger partial charge in [0.05, 0.1) is 0 Å². The molecule has 0 saturated heterocycles. The predicted molar refractivity (Wildman–Crippen MR) is 58.7 cm³/mol. The van der Waals surface area contributed by atoms with Gasteiger partial charge in [-0.15, -0.1) is 0 Å². The van der Waals surface area contributed by atoms with E-state index in [-0.39, 0.29) is 6.10 Å². The van der Waals surface area contributed by atoms with E-state index in [1.807, 2.05) is 24.8 Å². The van der Waals surface area contributed by atoms with Gasteiger partial charge in [-0.25, -0.2) is 0 Å². The van der Waals surface area contributed by atoms with Gasteiger partial charge in [0.15, 0.2) is 0 Å². The monoisotopic (exact) mass is 254 g/mol. The minimum absolute atomic E-state index is 0.282. The summed E-state index contributed by atoms with van der Waals surface area (Å²) in [7, 11) is 0. The van der Waals surface area contributed by atoms with Crippen LogP contribution in [0.1, 0.15) is 26.7 Å². The molecule has 0 aliphatic rings. The predicted octanol–water partition coefficient (Wildman–Crippen LogP) is 2.49. The van der Waals surface area contributed by atoms with Crippen molar-refractivity contribution >= 4 is 26.7 Å². The van der Waals surface area contributed by atoms with Crippen molar-refractivity contribution in [2.24, 2.45) is 0 Å². The SMILES string of the molecule is CCCCS/C(=C\C(C)O)[Se]C. The van der Waals surface area contributed by atoms with Crippen molar-refractivity contribution in [3.63, 3.8) is 0 Å². The first-order valence-corrected chi connectivity index (χ1v) is 7.83. The Kier molecular flexibility index (Phi) is 8.57. The van der Waals surface area contributed by atoms with Crippen LogP contribution in [0.25, 0.3) is 0 Å². The number of aliphatic hydroxyl groups is 1. The van der Waals surface area contributed by atoms with E-state index in [0.717, 1.165) is 0 Å². The van der Waals surface area contributed by atoms with Gasteiger partial charge in [0.25, 0.3) is 0 Å². The quantitative estimate of drug-likeness (QED) is 0.579. The molecule has 0 radical (unpaired) electrons. The molecule has 0 rings (SSSR count). The summed E-state index contributed by atoms with van der Waals surface area (Å²) in [6.45, 7) is 4.02. The van der Waals surface area contributed by atoms with E-state index >= 15 is 0 Å². The van der Waals surface area contributed by atoms with Gasteiger partial charge in [0.2, 0.25) is 0 Å². The summed E-state index contributed by atoms with van der Waals surface area (Å²) < 4.78 is 1.38. The van der Waals surface area contributed by atoms with Crippen molar-refractivity contribution in [2.45, 2.75) is 38.6 Å². The molecule has 0 heterocycles. The van der Waals surface area contributed by atoms with Crippen molar-refractivity contribution in [2.75, 3.05) is 5.75 Å². The van der Waals surface area contributed by atoms with E-state index < -0.39 is 0 Å². The van der Waals surface area contributed by atoms with Crippen LogP contribution in [-0.2, 0) is 0 Å². The van der Waals surface area contributed by atoms with E-state index in [0.29, 0.717) is 15.0 Å². The fourth-order valence-corrected chi connectivity index (χ4v) is 3.70. The number of rotatable bonds is 6. The molecule has 0 aliphatic carbocycles. The van der Waals surface area contributed by atoms with Crippen LogP contribution in [-0.4, -0.2) is 31.9 Å². The zero-order valence-corrected chi connectivity index (χ0v) is 10.6. The maximum atomic E-state index is 9.13. The van der Waals surface area contributed by atoms with Gasteiger partial charge in [0, 0.05) is 0 Å². The summed E-state index contributed by atoms with van der Waals surface area (Å²) in [5.74, 6) is 3.39. The molecule has 0 aliphatic heterocycles. The first kappa shape index (κ1) is 12.6. The Morgan fingerprint density at radius 1 is 1.67 bits per heavy atom. The van der Waals surface area contributed by atoms with Crippen LogP contribution in [0.4, 0.5) is 0 Å². The first-order chi connectivity index (χ1) is 5.70. The Morgan fingerprint density at radius 2 is 2.33 bits per heavy atom. The van der Waals surface area contributed by atoms with Gasteiger partial charge in [-0.2, -0.15) is 0 Å². The second-order valence-corrected chi connectivity index (χ2v) is 6.13. The number of hydrogen-bond donors (Lipinski definition) is 1. The molecule has 0 aromatic carbocycles. The zero-order chi connectivity index (χ0) is 9.40. The second kappa shape index (κ2) is 8.18. The molecule has 0 saturated carbocycles. The van der Waals surface area contributed by atoms with Crippen molar-refractivity contribution in [3.05, 3.63) is 9.88 Å². The first-order valence-electron chi connectivity index (χ1n) is 4.27. The molecule has 0 fully saturated rings. The number of unbranched alkanes of at least 4 members (excludes halogenated alkanes) is 1. The van der Waals surface area contributed by atoms with E-state index in [2.05, 4.69) is 12.7 Å². The normalized spacial score (nSPS) is 14.8. The van der Waals surface area contributed by atoms with Crippen molar-refractivity contribution < 1.29 is 5.11 Å². The molecule has 1 N–H and O–H groups in total. The van der Waals surface area contributed by atoms with Crippen LogP contribution in [0.3, 0.4) is 0 Å². The van der Waals surface area contributed by atoms with E-state index in [1.165, 1.54) is 22.4 Å². The van der Waals surface area contributed by atoms with Crippen LogP contribution in [0, 0.1) is 0 Å². The van der Waals surface area contributed by atoms with Crippen molar-refractivity contribution in [1.82, 2.24) is 0 Å². The fourth-order valence-electron chi connectivity index (χ4n) is 0.689. The van der Waals surface area contributed by atoms with Crippen LogP contribution < -0.4 is 0 Å². The number of aliphatic hydroxyl groups excluding tert-OH is 1. The second-order valence-electron chi connectivity index (χ2n) is 2.63. The molecule has 12 heavy (non-hydrogen) atoms. The molecule has 0 amide bonds. The summed E-state index contributed by atoms with van der Waals surface area (Å²) in [6, 6.07) is 0. The average molecular weight is 253 g/mol. The third-order valence-corrected chi connectivity index (χ3v) is 4.97. The van der Waals surface area contributed by atoms with E-state index in [4.69, 9.17) is 5.11 Å². The van der Waals surface area contributed by atoms with Gasteiger partial charge in [-0.3, -0.25) is 0 Å². The van der Waals surface area contributed by atoms with Gasteiger partial charge < -0.3 is 0 Å². The molecule has 1 nitrogen and oxygen atoms in total. The topological polar surface area (TPSA) is 20.2 Å². The van der Waals surface area contributed by atoms with Gasteiger partial charge in [-0.1, -0.05) is 0 Å². The summed E-state index contributed by atoms with van der Waals surface area (Å²) in [6.07, 6.45) is 4.22. The molecule has 0 aromatic rings. The Bertz CT molecular complexity index is 134. The number of thioether (sulfide) groups is 1. The third kappa shape index (κ3) is 7.23. The van der Waals surface area contributed by atoms with E-state index in [9.17, 15) is 0 Å². The maximum absolute atomic E-state index is 9.13. The molecular weight excluding hydrogens is 235 g/mol. The third-order valence-electron chi connectivity index (χ3n) is 1.32. The molecule has 0 aromatic heterocycles. The molecule has 0 spiro atoms. The molecule has 0 bridgehead atoms. The van der Waals surface area contributed by atoms with Crippen LogP contribution in [0.15, 0.2) is 9.88 Å². The number of hydrogen-bond acceptors (Lipinski definition) is 2. The Balaban J connectivity index is 3.67. The van der Waals surface area contributed by atoms with Crippen LogP contribution >= 0.6 is 11.8 Å². The van der Waals surface area contributed by atoms with Crippen LogP contribution in [0.5, 0.6) is 0 Å². The summed E-state index contributed by atoms with van der Waals surface area (Å²) in [5.41, 5.74) is 0. The molecule has 72 valence electrons. The summed E-state index contributed by atoms with van der Waals surface area (Å²) in [4.78, 5) is 0. The summed E-state index contributed by atoms with van der Waals surface area (Å²) in [5, 5.41) is 9.13. The van der Waals surface area contributed by atoms with Gasteiger partial charge >= 0.3 is 86.1 Å². The zero-order valence-electron chi connectivity index (χ0n) is 8.04. The fraction of sp³-hybridized carbons (Fsp3) is 0.778. The molecule has 3 heteroatoms. The Labute approximate surface area is 86.2 Å². The van der Waals surface area contributed by atoms with Crippen LogP contribution in [0.2, 0.25) is 5.82 Å². The van der Waals surface area contributed by atoms with E-state index in [1.54, 1.807) is 0 Å². The molecule has 1 unspecified atom stereocenters. The minimum atomic E-state index is -0.282. The van der Waals surface area contributed by atoms with Crippen molar-refractivity contribution in [3.8, 4) is 0 Å². The Hall–Kier alpha value is 0.569. The molecule has 1 atom stereocenters. The molecular formula is C9H18OSSe.